The van der Waals surface area contributed by atoms with Crippen LogP contribution in [-0.2, 0) is 33.8 Å². The number of ether oxygens (including phenoxy) is 1. The number of rotatable bonds is 4. The molecule has 1 amide bonds. The van der Waals surface area contributed by atoms with Crippen molar-refractivity contribution in [2.45, 2.75) is 42.5 Å². The lowest BCUT2D eigenvalue weighted by Crippen LogP contribution is -2.58. The van der Waals surface area contributed by atoms with Crippen LogP contribution in [0.15, 0.2) is 0 Å². The summed E-state index contributed by atoms with van der Waals surface area (Å²) < 4.78 is 27.2. The van der Waals surface area contributed by atoms with Gasteiger partial charge in [-0.1, -0.05) is 0 Å². The lowest BCUT2D eigenvalue weighted by atomic mass is 9.98. The second kappa shape index (κ2) is 4.66. The zero-order valence-electron chi connectivity index (χ0n) is 11.5. The van der Waals surface area contributed by atoms with Gasteiger partial charge in [-0.3, -0.25) is 4.79 Å². The van der Waals surface area contributed by atoms with Gasteiger partial charge in [0.25, 0.3) is 6.10 Å². The van der Waals surface area contributed by atoms with Crippen LogP contribution < -0.4 is 0 Å². The van der Waals surface area contributed by atoms with Crippen molar-refractivity contribution in [2.75, 3.05) is 0 Å². The summed E-state index contributed by atoms with van der Waals surface area (Å²) in [5, 5.41) is 16.2. The number of aliphatic carboxylic acids is 2. The van der Waals surface area contributed by atoms with Crippen LogP contribution in [0.3, 0.4) is 0 Å². The molecule has 0 aromatic heterocycles. The molecule has 2 aliphatic heterocycles. The third-order valence-corrected chi connectivity index (χ3v) is 6.68. The molecule has 2 rings (SSSR count). The van der Waals surface area contributed by atoms with E-state index in [9.17, 15) is 27.6 Å². The predicted octanol–water partition coefficient (Wildman–Crippen LogP) is -1.80. The number of carboxylic acids is 2. The number of carbonyl (C=O) groups is 4. The van der Waals surface area contributed by atoms with Gasteiger partial charge in [-0.15, -0.1) is 0 Å². The fourth-order valence-corrected chi connectivity index (χ4v) is 4.72. The Bertz CT molecular complexity index is 666. The van der Waals surface area contributed by atoms with E-state index in [4.69, 9.17) is 10.2 Å². The highest BCUT2D eigenvalue weighted by Crippen LogP contribution is 2.46. The van der Waals surface area contributed by atoms with Crippen molar-refractivity contribution in [3.63, 3.8) is 0 Å². The van der Waals surface area contributed by atoms with Gasteiger partial charge < -0.3 is 19.8 Å². The SMILES string of the molecule is CC1(C)[C@H](C(=O)OC(C(=O)O)C(=O)O)N2C(=O)C[C@H]2S1(=O)=O. The molecule has 0 spiro atoms. The van der Waals surface area contributed by atoms with Gasteiger partial charge in [0.05, 0.1) is 11.2 Å². The third-order valence-electron chi connectivity index (χ3n) is 3.88. The van der Waals surface area contributed by atoms with Gasteiger partial charge in [-0.2, -0.15) is 0 Å². The molecule has 10 nitrogen and oxygen atoms in total. The number of β-lactam (4-membered cyclic amide) rings is 1. The highest BCUT2D eigenvalue weighted by Gasteiger charge is 2.68. The van der Waals surface area contributed by atoms with Crippen LogP contribution in [-0.4, -0.2) is 69.6 Å². The van der Waals surface area contributed by atoms with E-state index in [2.05, 4.69) is 4.74 Å². The number of amides is 1. The highest BCUT2D eigenvalue weighted by atomic mass is 32.2. The Labute approximate surface area is 124 Å². The number of nitrogens with zero attached hydrogens (tertiary/aromatic N) is 1. The molecule has 2 aliphatic rings. The molecule has 0 saturated carbocycles. The molecule has 2 atom stereocenters. The van der Waals surface area contributed by atoms with Gasteiger partial charge >= 0.3 is 17.9 Å². The van der Waals surface area contributed by atoms with Crippen molar-refractivity contribution in [1.29, 1.82) is 0 Å². The first-order chi connectivity index (χ1) is 9.92. The monoisotopic (exact) mass is 335 g/mol. The summed E-state index contributed by atoms with van der Waals surface area (Å²) in [7, 11) is -3.86. The number of hydrogen-bond acceptors (Lipinski definition) is 7. The number of sulfone groups is 1. The van der Waals surface area contributed by atoms with Crippen LogP contribution in [0, 0.1) is 0 Å². The van der Waals surface area contributed by atoms with E-state index in [1.54, 1.807) is 0 Å². The van der Waals surface area contributed by atoms with Gasteiger partial charge in [0.2, 0.25) is 5.91 Å². The maximum absolute atomic E-state index is 12.3. The Kier molecular flexibility index (Phi) is 3.43. The highest BCUT2D eigenvalue weighted by molar-refractivity contribution is 7.93. The first-order valence-corrected chi connectivity index (χ1v) is 7.68. The largest absolute Gasteiger partial charge is 0.478 e. The van der Waals surface area contributed by atoms with Gasteiger partial charge in [0, 0.05) is 0 Å². The summed E-state index contributed by atoms with van der Waals surface area (Å²) in [4.78, 5) is 46.0. The molecule has 0 aliphatic carbocycles. The molecule has 0 radical (unpaired) electrons. The molecular weight excluding hydrogens is 322 g/mol. The van der Waals surface area contributed by atoms with Crippen LogP contribution in [0.25, 0.3) is 0 Å². The quantitative estimate of drug-likeness (QED) is 0.344. The first kappa shape index (κ1) is 16.2. The van der Waals surface area contributed by atoms with Crippen molar-refractivity contribution < 1.29 is 42.5 Å². The molecule has 0 aromatic carbocycles. The maximum atomic E-state index is 12.3. The minimum Gasteiger partial charge on any atom is -0.478 e. The summed E-state index contributed by atoms with van der Waals surface area (Å²) >= 11 is 0. The van der Waals surface area contributed by atoms with Crippen molar-refractivity contribution in [3.8, 4) is 0 Å². The summed E-state index contributed by atoms with van der Waals surface area (Å²) in [6.07, 6.45) is -2.74. The van der Waals surface area contributed by atoms with E-state index >= 15 is 0 Å². The van der Waals surface area contributed by atoms with Gasteiger partial charge in [0.15, 0.2) is 9.84 Å². The average molecular weight is 335 g/mol. The molecule has 2 saturated heterocycles. The number of carboxylic acid groups (broad SMARTS) is 2. The van der Waals surface area contributed by atoms with Gasteiger partial charge in [-0.05, 0) is 13.8 Å². The summed E-state index contributed by atoms with van der Waals surface area (Å²) in [5.74, 6) is -5.79. The molecule has 0 aromatic rings. The maximum Gasteiger partial charge on any atom is 0.356 e. The number of fused-ring (bicyclic) bond motifs is 1. The second-order valence-electron chi connectivity index (χ2n) is 5.50. The normalized spacial score (nSPS) is 28.0. The average Bonchev–Trinajstić information content (AvgIpc) is 2.48. The lowest BCUT2D eigenvalue weighted by Gasteiger charge is -2.36. The Morgan fingerprint density at radius 3 is 2.18 bits per heavy atom. The van der Waals surface area contributed by atoms with E-state index in [1.165, 1.54) is 13.8 Å². The standard InChI is InChI=1S/C11H13NO9S/c1-11(2)7(10(18)21-6(8(14)15)9(16)17)12-4(13)3-5(12)22(11,19)20/h5-7H,3H2,1-2H3,(H,14,15)(H,16,17)/t5-,7+/m1/s1. The molecule has 2 fully saturated rings. The van der Waals surface area contributed by atoms with E-state index in [1.807, 2.05) is 0 Å². The fraction of sp³-hybridized carbons (Fsp3) is 0.636. The zero-order valence-corrected chi connectivity index (χ0v) is 12.4. The molecule has 122 valence electrons. The minimum absolute atomic E-state index is 0.267. The molecule has 2 heterocycles. The molecule has 0 bridgehead atoms. The molecule has 11 heteroatoms. The molecule has 22 heavy (non-hydrogen) atoms. The van der Waals surface area contributed by atoms with Crippen molar-refractivity contribution >= 4 is 33.7 Å². The Balaban J connectivity index is 2.34. The Hall–Kier alpha value is -2.17. The first-order valence-electron chi connectivity index (χ1n) is 6.13. The zero-order chi connectivity index (χ0) is 17.0. The second-order valence-corrected chi connectivity index (χ2v) is 8.19. The Morgan fingerprint density at radius 1 is 1.27 bits per heavy atom. The number of hydrogen-bond donors (Lipinski definition) is 2. The van der Waals surface area contributed by atoms with Gasteiger partial charge in [0.1, 0.15) is 11.4 Å². The van der Waals surface area contributed by atoms with Crippen molar-refractivity contribution in [3.05, 3.63) is 0 Å². The van der Waals surface area contributed by atoms with Crippen molar-refractivity contribution in [1.82, 2.24) is 4.90 Å². The van der Waals surface area contributed by atoms with Crippen LogP contribution in [0.5, 0.6) is 0 Å². The summed E-state index contributed by atoms with van der Waals surface area (Å²) in [5.41, 5.74) is 0. The topological polar surface area (TPSA) is 155 Å². The van der Waals surface area contributed by atoms with E-state index < -0.39 is 55.9 Å². The molecule has 2 N–H and O–H groups in total. The van der Waals surface area contributed by atoms with E-state index in [0.717, 1.165) is 4.90 Å². The van der Waals surface area contributed by atoms with Crippen LogP contribution in [0.2, 0.25) is 0 Å². The lowest BCUT2D eigenvalue weighted by molar-refractivity contribution is -0.179. The van der Waals surface area contributed by atoms with Crippen molar-refractivity contribution in [2.24, 2.45) is 0 Å². The van der Waals surface area contributed by atoms with E-state index in [0.29, 0.717) is 0 Å². The number of esters is 1. The van der Waals surface area contributed by atoms with Crippen LogP contribution in [0.1, 0.15) is 20.3 Å². The van der Waals surface area contributed by atoms with Gasteiger partial charge in [-0.25, -0.2) is 22.8 Å². The molecular formula is C11H13NO9S. The Morgan fingerprint density at radius 2 is 1.77 bits per heavy atom. The summed E-state index contributed by atoms with van der Waals surface area (Å²) in [6.45, 7) is 2.41. The van der Waals surface area contributed by atoms with Crippen LogP contribution in [0.4, 0.5) is 0 Å². The van der Waals surface area contributed by atoms with Crippen LogP contribution >= 0.6 is 0 Å². The minimum atomic E-state index is -3.86. The third kappa shape index (κ3) is 1.95. The van der Waals surface area contributed by atoms with E-state index in [-0.39, 0.29) is 6.42 Å². The number of carbonyl (C=O) groups excluding carboxylic acids is 2. The summed E-state index contributed by atoms with van der Waals surface area (Å²) in [6, 6.07) is -1.58. The fourth-order valence-electron chi connectivity index (χ4n) is 2.60. The predicted molar refractivity (Wildman–Crippen MR) is 67.2 cm³/mol. The molecule has 0 unspecified atom stereocenters. The smallest absolute Gasteiger partial charge is 0.356 e.